The van der Waals surface area contributed by atoms with Crippen molar-refractivity contribution in [2.45, 2.75) is 37.8 Å². The molecular formula is C12H19N3. The first-order valence-electron chi connectivity index (χ1n) is 5.62. The van der Waals surface area contributed by atoms with Gasteiger partial charge >= 0.3 is 0 Å². The van der Waals surface area contributed by atoms with Gasteiger partial charge in [-0.1, -0.05) is 12.1 Å². The summed E-state index contributed by atoms with van der Waals surface area (Å²) in [4.78, 5) is 0. The van der Waals surface area contributed by atoms with Gasteiger partial charge in [-0.3, -0.25) is 0 Å². The lowest BCUT2D eigenvalue weighted by molar-refractivity contribution is 0.411. The zero-order valence-electron chi connectivity index (χ0n) is 8.95. The molecule has 0 heterocycles. The second-order valence-corrected chi connectivity index (χ2v) is 4.34. The summed E-state index contributed by atoms with van der Waals surface area (Å²) in [5, 5.41) is 3.49. The number of anilines is 2. The Morgan fingerprint density at radius 1 is 1.07 bits per heavy atom. The number of hydrogen-bond acceptors (Lipinski definition) is 3. The van der Waals surface area contributed by atoms with E-state index in [9.17, 15) is 0 Å². The molecule has 3 heteroatoms. The Hall–Kier alpha value is -1.22. The third-order valence-electron chi connectivity index (χ3n) is 3.09. The van der Waals surface area contributed by atoms with Crippen LogP contribution in [0.3, 0.4) is 0 Å². The highest BCUT2D eigenvalue weighted by Gasteiger charge is 2.18. The molecule has 0 amide bonds. The minimum absolute atomic E-state index is 0.399. The molecule has 5 N–H and O–H groups in total. The van der Waals surface area contributed by atoms with Crippen LogP contribution >= 0.6 is 0 Å². The zero-order valence-corrected chi connectivity index (χ0v) is 8.95. The van der Waals surface area contributed by atoms with Gasteiger partial charge in [-0.05, 0) is 37.8 Å². The van der Waals surface area contributed by atoms with Gasteiger partial charge in [0.1, 0.15) is 0 Å². The number of rotatable bonds is 2. The first-order chi connectivity index (χ1) is 7.25. The van der Waals surface area contributed by atoms with Crippen molar-refractivity contribution in [3.05, 3.63) is 24.3 Å². The monoisotopic (exact) mass is 205 g/mol. The van der Waals surface area contributed by atoms with Crippen molar-refractivity contribution in [1.82, 2.24) is 0 Å². The Bertz CT molecular complexity index is 316. The van der Waals surface area contributed by atoms with Gasteiger partial charge in [-0.2, -0.15) is 0 Å². The molecule has 1 saturated carbocycles. The molecule has 82 valence electrons. The van der Waals surface area contributed by atoms with E-state index in [1.54, 1.807) is 0 Å². The van der Waals surface area contributed by atoms with E-state index in [4.69, 9.17) is 11.5 Å². The van der Waals surface area contributed by atoms with Gasteiger partial charge in [-0.15, -0.1) is 0 Å². The van der Waals surface area contributed by atoms with Crippen LogP contribution in [0.2, 0.25) is 0 Å². The van der Waals surface area contributed by atoms with Crippen molar-refractivity contribution in [2.24, 2.45) is 5.73 Å². The van der Waals surface area contributed by atoms with Gasteiger partial charge in [-0.25, -0.2) is 0 Å². The summed E-state index contributed by atoms with van der Waals surface area (Å²) in [7, 11) is 0. The van der Waals surface area contributed by atoms with Gasteiger partial charge in [0.05, 0.1) is 11.4 Å². The minimum atomic E-state index is 0.399. The summed E-state index contributed by atoms with van der Waals surface area (Å²) >= 11 is 0. The normalized spacial score (nSPS) is 26.2. The highest BCUT2D eigenvalue weighted by Crippen LogP contribution is 2.24. The van der Waals surface area contributed by atoms with Crippen LogP contribution in [0.25, 0.3) is 0 Å². The van der Waals surface area contributed by atoms with Crippen molar-refractivity contribution < 1.29 is 0 Å². The average molecular weight is 205 g/mol. The van der Waals surface area contributed by atoms with Gasteiger partial charge in [0.2, 0.25) is 0 Å². The summed E-state index contributed by atoms with van der Waals surface area (Å²) in [5.41, 5.74) is 13.6. The van der Waals surface area contributed by atoms with Crippen LogP contribution in [0, 0.1) is 0 Å². The van der Waals surface area contributed by atoms with E-state index in [0.717, 1.165) is 37.1 Å². The topological polar surface area (TPSA) is 64.1 Å². The minimum Gasteiger partial charge on any atom is -0.397 e. The second kappa shape index (κ2) is 4.53. The molecule has 1 aliphatic carbocycles. The summed E-state index contributed by atoms with van der Waals surface area (Å²) in [6, 6.07) is 8.86. The van der Waals surface area contributed by atoms with E-state index >= 15 is 0 Å². The molecule has 0 atom stereocenters. The Morgan fingerprint density at radius 3 is 2.40 bits per heavy atom. The van der Waals surface area contributed by atoms with Crippen molar-refractivity contribution in [1.29, 1.82) is 0 Å². The number of para-hydroxylation sites is 2. The smallest absolute Gasteiger partial charge is 0.0576 e. The number of benzene rings is 1. The molecule has 1 aromatic rings. The lowest BCUT2D eigenvalue weighted by Crippen LogP contribution is -2.32. The van der Waals surface area contributed by atoms with Crippen molar-refractivity contribution in [3.63, 3.8) is 0 Å². The fraction of sp³-hybridized carbons (Fsp3) is 0.500. The van der Waals surface area contributed by atoms with Crippen LogP contribution in [0.15, 0.2) is 24.3 Å². The molecule has 0 saturated heterocycles. The molecule has 0 bridgehead atoms. The van der Waals surface area contributed by atoms with E-state index in [2.05, 4.69) is 5.32 Å². The Morgan fingerprint density at radius 2 is 1.73 bits per heavy atom. The number of hydrogen-bond donors (Lipinski definition) is 3. The van der Waals surface area contributed by atoms with Crippen LogP contribution in [0.5, 0.6) is 0 Å². The maximum absolute atomic E-state index is 5.88. The van der Waals surface area contributed by atoms with Crippen LogP contribution in [0.4, 0.5) is 11.4 Å². The number of nitrogens with two attached hydrogens (primary N) is 2. The van der Waals surface area contributed by atoms with E-state index in [-0.39, 0.29) is 0 Å². The average Bonchev–Trinajstić information content (AvgIpc) is 2.25. The van der Waals surface area contributed by atoms with Gasteiger partial charge in [0, 0.05) is 12.1 Å². The molecule has 0 spiro atoms. The maximum Gasteiger partial charge on any atom is 0.0576 e. The lowest BCUT2D eigenvalue weighted by atomic mass is 9.91. The van der Waals surface area contributed by atoms with Gasteiger partial charge in [0.15, 0.2) is 0 Å². The van der Waals surface area contributed by atoms with E-state index in [1.165, 1.54) is 0 Å². The molecule has 0 unspecified atom stereocenters. The fourth-order valence-corrected chi connectivity index (χ4v) is 2.11. The van der Waals surface area contributed by atoms with Crippen molar-refractivity contribution in [2.75, 3.05) is 11.1 Å². The summed E-state index contributed by atoms with van der Waals surface area (Å²) in [6.07, 6.45) is 4.53. The first-order valence-corrected chi connectivity index (χ1v) is 5.62. The molecule has 0 aromatic heterocycles. The van der Waals surface area contributed by atoms with Gasteiger partial charge in [0.25, 0.3) is 0 Å². The highest BCUT2D eigenvalue weighted by atomic mass is 14.9. The van der Waals surface area contributed by atoms with Crippen molar-refractivity contribution >= 4 is 11.4 Å². The van der Waals surface area contributed by atoms with Crippen LogP contribution in [0.1, 0.15) is 25.7 Å². The van der Waals surface area contributed by atoms with E-state index < -0.39 is 0 Å². The van der Waals surface area contributed by atoms with Crippen LogP contribution < -0.4 is 16.8 Å². The van der Waals surface area contributed by atoms with Crippen molar-refractivity contribution in [3.8, 4) is 0 Å². The Labute approximate surface area is 90.8 Å². The zero-order chi connectivity index (χ0) is 10.7. The highest BCUT2D eigenvalue weighted by molar-refractivity contribution is 5.65. The quantitative estimate of drug-likeness (QED) is 0.647. The maximum atomic E-state index is 5.88. The third kappa shape index (κ3) is 2.63. The largest absolute Gasteiger partial charge is 0.397 e. The summed E-state index contributed by atoms with van der Waals surface area (Å²) < 4.78 is 0. The molecule has 0 radical (unpaired) electrons. The predicted molar refractivity (Wildman–Crippen MR) is 64.7 cm³/mol. The third-order valence-corrected chi connectivity index (χ3v) is 3.09. The fourth-order valence-electron chi connectivity index (χ4n) is 2.11. The Balaban J connectivity index is 1.95. The standard InChI is InChI=1S/C12H19N3/c13-9-5-7-10(8-6-9)15-12-4-2-1-3-11(12)14/h1-4,9-10,15H,5-8,13-14H2. The predicted octanol–water partition coefficient (Wildman–Crippen LogP) is 1.95. The number of nitrogen functional groups attached to an aromatic ring is 1. The molecule has 3 nitrogen and oxygen atoms in total. The van der Waals surface area contributed by atoms with Gasteiger partial charge < -0.3 is 16.8 Å². The molecule has 1 aliphatic rings. The Kier molecular flexibility index (Phi) is 3.11. The SMILES string of the molecule is Nc1ccccc1NC1CCC(N)CC1. The second-order valence-electron chi connectivity index (χ2n) is 4.34. The van der Waals surface area contributed by atoms with Crippen LogP contribution in [-0.2, 0) is 0 Å². The molecule has 2 rings (SSSR count). The molecule has 15 heavy (non-hydrogen) atoms. The van der Waals surface area contributed by atoms with E-state index in [0.29, 0.717) is 12.1 Å². The molecule has 1 aromatic carbocycles. The molecular weight excluding hydrogens is 186 g/mol. The lowest BCUT2D eigenvalue weighted by Gasteiger charge is -2.28. The van der Waals surface area contributed by atoms with E-state index in [1.807, 2.05) is 24.3 Å². The van der Waals surface area contributed by atoms with Crippen LogP contribution in [-0.4, -0.2) is 12.1 Å². The summed E-state index contributed by atoms with van der Waals surface area (Å²) in [6.45, 7) is 0. The number of nitrogens with one attached hydrogen (secondary N) is 1. The first kappa shape index (κ1) is 10.3. The molecule has 0 aliphatic heterocycles. The molecule has 1 fully saturated rings. The summed E-state index contributed by atoms with van der Waals surface area (Å²) in [5.74, 6) is 0.